The van der Waals surface area contributed by atoms with E-state index in [1.165, 1.54) is 0 Å². The van der Waals surface area contributed by atoms with E-state index >= 15 is 0 Å². The molecule has 4 heteroatoms. The summed E-state index contributed by atoms with van der Waals surface area (Å²) in [6.45, 7) is 8.14. The van der Waals surface area contributed by atoms with Gasteiger partial charge in [0.25, 0.3) is 0 Å². The molecule has 94 valence electrons. The molecular weight excluding hydrogens is 206 g/mol. The number of esters is 1. The van der Waals surface area contributed by atoms with Gasteiger partial charge in [-0.3, -0.25) is 9.69 Å². The average molecular weight is 229 g/mol. The van der Waals surface area contributed by atoms with Crippen LogP contribution in [0.5, 0.6) is 0 Å². The molecule has 1 atom stereocenters. The monoisotopic (exact) mass is 229 g/mol. The van der Waals surface area contributed by atoms with Crippen LogP contribution in [-0.2, 0) is 9.53 Å². The van der Waals surface area contributed by atoms with Crippen LogP contribution in [0.2, 0.25) is 0 Å². The first-order valence-electron chi connectivity index (χ1n) is 6.04. The van der Waals surface area contributed by atoms with Gasteiger partial charge in [0.2, 0.25) is 0 Å². The van der Waals surface area contributed by atoms with Gasteiger partial charge in [0, 0.05) is 13.1 Å². The Labute approximate surface area is 97.6 Å². The molecule has 4 nitrogen and oxygen atoms in total. The molecule has 16 heavy (non-hydrogen) atoms. The van der Waals surface area contributed by atoms with Crippen molar-refractivity contribution in [1.82, 2.24) is 4.90 Å². The summed E-state index contributed by atoms with van der Waals surface area (Å²) in [4.78, 5) is 13.7. The summed E-state index contributed by atoms with van der Waals surface area (Å²) in [7, 11) is 0. The number of ether oxygens (including phenoxy) is 1. The third-order valence-electron chi connectivity index (χ3n) is 2.74. The number of aliphatic hydroxyl groups is 1. The maximum atomic E-state index is 11.6. The summed E-state index contributed by atoms with van der Waals surface area (Å²) in [6, 6.07) is 0. The molecule has 1 heterocycles. The third kappa shape index (κ3) is 4.49. The Kier molecular flexibility index (Phi) is 4.74. The molecule has 0 unspecified atom stereocenters. The highest BCUT2D eigenvalue weighted by Crippen LogP contribution is 2.19. The van der Waals surface area contributed by atoms with E-state index in [4.69, 9.17) is 4.74 Å². The predicted molar refractivity (Wildman–Crippen MR) is 62.1 cm³/mol. The zero-order valence-corrected chi connectivity index (χ0v) is 10.5. The van der Waals surface area contributed by atoms with Gasteiger partial charge in [-0.05, 0) is 40.2 Å². The normalized spacial score (nSPS) is 23.1. The minimum absolute atomic E-state index is 0.0175. The average Bonchev–Trinajstić information content (AvgIpc) is 2.16. The number of β-amino-alcohol motifs (C(OH)–C–C–N with tert-alkyl or cyclic N) is 1. The molecule has 0 aromatic rings. The number of nitrogens with zero attached hydrogens (tertiary/aromatic N) is 1. The molecule has 0 radical (unpaired) electrons. The molecule has 0 aliphatic carbocycles. The van der Waals surface area contributed by atoms with Gasteiger partial charge in [-0.15, -0.1) is 0 Å². The Morgan fingerprint density at radius 2 is 2.25 bits per heavy atom. The van der Waals surface area contributed by atoms with Crippen molar-refractivity contribution in [3.63, 3.8) is 0 Å². The number of hydrogen-bond donors (Lipinski definition) is 1. The molecule has 0 saturated carbocycles. The molecular formula is C12H23NO3. The quantitative estimate of drug-likeness (QED) is 0.732. The van der Waals surface area contributed by atoms with Crippen molar-refractivity contribution in [1.29, 1.82) is 0 Å². The zero-order valence-electron chi connectivity index (χ0n) is 10.5. The van der Waals surface area contributed by atoms with E-state index < -0.39 is 5.60 Å². The fourth-order valence-electron chi connectivity index (χ4n) is 2.20. The summed E-state index contributed by atoms with van der Waals surface area (Å²) in [5, 5.41) is 9.74. The lowest BCUT2D eigenvalue weighted by atomic mass is 9.97. The van der Waals surface area contributed by atoms with Crippen LogP contribution in [0.1, 0.15) is 33.6 Å². The SMILES string of the molecule is CCOC(=O)[C@@H]1CCCN(CC(C)(C)O)C1. The van der Waals surface area contributed by atoms with Gasteiger partial charge < -0.3 is 9.84 Å². The van der Waals surface area contributed by atoms with Gasteiger partial charge in [-0.2, -0.15) is 0 Å². The van der Waals surface area contributed by atoms with Gasteiger partial charge in [0.15, 0.2) is 0 Å². The molecule has 0 aromatic carbocycles. The number of hydrogen-bond acceptors (Lipinski definition) is 4. The number of carbonyl (C=O) groups is 1. The molecule has 1 aliphatic rings. The molecule has 1 saturated heterocycles. The summed E-state index contributed by atoms with van der Waals surface area (Å²) in [5.41, 5.74) is -0.698. The fourth-order valence-corrected chi connectivity index (χ4v) is 2.20. The zero-order chi connectivity index (χ0) is 12.2. The van der Waals surface area contributed by atoms with Crippen molar-refractivity contribution < 1.29 is 14.6 Å². The molecule has 1 N–H and O–H groups in total. The summed E-state index contributed by atoms with van der Waals surface area (Å²) < 4.78 is 5.03. The van der Waals surface area contributed by atoms with Crippen LogP contribution in [0, 0.1) is 5.92 Å². The topological polar surface area (TPSA) is 49.8 Å². The van der Waals surface area contributed by atoms with E-state index in [1.807, 2.05) is 6.92 Å². The molecule has 1 fully saturated rings. The Hall–Kier alpha value is -0.610. The molecule has 0 spiro atoms. The van der Waals surface area contributed by atoms with Crippen molar-refractivity contribution in [3.05, 3.63) is 0 Å². The maximum absolute atomic E-state index is 11.6. The summed E-state index contributed by atoms with van der Waals surface area (Å²) >= 11 is 0. The van der Waals surface area contributed by atoms with Crippen LogP contribution in [0.25, 0.3) is 0 Å². The second kappa shape index (κ2) is 5.64. The van der Waals surface area contributed by atoms with Crippen LogP contribution in [0.4, 0.5) is 0 Å². The minimum atomic E-state index is -0.698. The first kappa shape index (κ1) is 13.5. The summed E-state index contributed by atoms with van der Waals surface area (Å²) in [6.07, 6.45) is 1.90. The second-order valence-corrected chi connectivity index (χ2v) is 5.14. The highest BCUT2D eigenvalue weighted by molar-refractivity contribution is 5.72. The summed E-state index contributed by atoms with van der Waals surface area (Å²) in [5.74, 6) is -0.112. The van der Waals surface area contributed by atoms with Crippen LogP contribution in [0.3, 0.4) is 0 Å². The Bertz CT molecular complexity index is 235. The van der Waals surface area contributed by atoms with Crippen molar-refractivity contribution in [2.75, 3.05) is 26.2 Å². The standard InChI is InChI=1S/C12H23NO3/c1-4-16-11(14)10-6-5-7-13(8-10)9-12(2,3)15/h10,15H,4-9H2,1-3H3/t10-/m1/s1. The molecule has 0 aromatic heterocycles. The van der Waals surface area contributed by atoms with Crippen molar-refractivity contribution in [2.24, 2.45) is 5.92 Å². The van der Waals surface area contributed by atoms with Crippen molar-refractivity contribution in [3.8, 4) is 0 Å². The largest absolute Gasteiger partial charge is 0.466 e. The van der Waals surface area contributed by atoms with Gasteiger partial charge in [-0.1, -0.05) is 0 Å². The smallest absolute Gasteiger partial charge is 0.310 e. The Balaban J connectivity index is 2.44. The first-order valence-corrected chi connectivity index (χ1v) is 6.04. The highest BCUT2D eigenvalue weighted by Gasteiger charge is 2.29. The lowest BCUT2D eigenvalue weighted by Gasteiger charge is -2.35. The number of rotatable bonds is 4. The highest BCUT2D eigenvalue weighted by atomic mass is 16.5. The minimum Gasteiger partial charge on any atom is -0.466 e. The van der Waals surface area contributed by atoms with E-state index in [9.17, 15) is 9.90 Å². The van der Waals surface area contributed by atoms with E-state index in [2.05, 4.69) is 4.90 Å². The van der Waals surface area contributed by atoms with Crippen molar-refractivity contribution >= 4 is 5.97 Å². The van der Waals surface area contributed by atoms with Crippen LogP contribution >= 0.6 is 0 Å². The second-order valence-electron chi connectivity index (χ2n) is 5.14. The van der Waals surface area contributed by atoms with Gasteiger partial charge >= 0.3 is 5.97 Å². The Morgan fingerprint density at radius 1 is 1.56 bits per heavy atom. The van der Waals surface area contributed by atoms with Crippen LogP contribution in [-0.4, -0.2) is 47.8 Å². The van der Waals surface area contributed by atoms with Gasteiger partial charge in [0.05, 0.1) is 18.1 Å². The predicted octanol–water partition coefficient (Wildman–Crippen LogP) is 1.03. The molecule has 0 amide bonds. The Morgan fingerprint density at radius 3 is 2.81 bits per heavy atom. The lowest BCUT2D eigenvalue weighted by molar-refractivity contribution is -0.150. The van der Waals surface area contributed by atoms with Crippen LogP contribution < -0.4 is 0 Å². The van der Waals surface area contributed by atoms with Gasteiger partial charge in [-0.25, -0.2) is 0 Å². The first-order chi connectivity index (χ1) is 7.42. The van der Waals surface area contributed by atoms with E-state index in [1.54, 1.807) is 13.8 Å². The number of carbonyl (C=O) groups excluding carboxylic acids is 1. The molecule has 1 aliphatic heterocycles. The lowest BCUT2D eigenvalue weighted by Crippen LogP contribution is -2.45. The number of likely N-dealkylation sites (tertiary alicyclic amines) is 1. The van der Waals surface area contributed by atoms with Crippen molar-refractivity contribution in [2.45, 2.75) is 39.2 Å². The third-order valence-corrected chi connectivity index (χ3v) is 2.74. The van der Waals surface area contributed by atoms with E-state index in [-0.39, 0.29) is 11.9 Å². The van der Waals surface area contributed by atoms with Gasteiger partial charge in [0.1, 0.15) is 0 Å². The number of piperidine rings is 1. The van der Waals surface area contributed by atoms with Crippen LogP contribution in [0.15, 0.2) is 0 Å². The van der Waals surface area contributed by atoms with E-state index in [0.29, 0.717) is 19.7 Å². The fraction of sp³-hybridized carbons (Fsp3) is 0.917. The molecule has 0 bridgehead atoms. The maximum Gasteiger partial charge on any atom is 0.310 e. The van der Waals surface area contributed by atoms with E-state index in [0.717, 1.165) is 19.4 Å². The molecule has 1 rings (SSSR count).